The number of ether oxygens (including phenoxy) is 1. The van der Waals surface area contributed by atoms with Crippen LogP contribution >= 0.6 is 0 Å². The Kier molecular flexibility index (Phi) is 2.01. The first kappa shape index (κ1) is 8.59. The Balaban J connectivity index is 2.28. The maximum Gasteiger partial charge on any atom is 0.132 e. The van der Waals surface area contributed by atoms with Crippen LogP contribution in [-0.2, 0) is 4.74 Å². The molecule has 0 bridgehead atoms. The summed E-state index contributed by atoms with van der Waals surface area (Å²) in [6, 6.07) is 3.10. The van der Waals surface area contributed by atoms with Crippen molar-refractivity contribution < 1.29 is 18.6 Å². The molecule has 1 N–H and O–H groups in total. The van der Waals surface area contributed by atoms with E-state index in [0.29, 0.717) is 6.61 Å². The third-order valence-corrected chi connectivity index (χ3v) is 1.99. The van der Waals surface area contributed by atoms with Gasteiger partial charge in [0.05, 0.1) is 6.61 Å². The van der Waals surface area contributed by atoms with Gasteiger partial charge < -0.3 is 9.84 Å². The van der Waals surface area contributed by atoms with E-state index in [2.05, 4.69) is 0 Å². The average Bonchev–Trinajstić information content (AvgIpc) is 2.85. The van der Waals surface area contributed by atoms with Gasteiger partial charge in [-0.15, -0.1) is 0 Å². The van der Waals surface area contributed by atoms with Crippen molar-refractivity contribution in [3.05, 3.63) is 35.4 Å². The van der Waals surface area contributed by atoms with Crippen LogP contribution in [0.5, 0.6) is 0 Å². The number of rotatable bonds is 2. The molecule has 2 nitrogen and oxygen atoms in total. The van der Waals surface area contributed by atoms with Gasteiger partial charge in [0.1, 0.15) is 23.8 Å². The van der Waals surface area contributed by atoms with Crippen LogP contribution in [0, 0.1) is 11.6 Å². The van der Waals surface area contributed by atoms with Gasteiger partial charge in [0, 0.05) is 11.6 Å². The van der Waals surface area contributed by atoms with Crippen LogP contribution in [-0.4, -0.2) is 17.8 Å². The van der Waals surface area contributed by atoms with E-state index in [1.54, 1.807) is 0 Å². The lowest BCUT2D eigenvalue weighted by Crippen LogP contribution is -2.07. The number of aliphatic hydroxyl groups excluding tert-OH is 1. The number of aliphatic hydroxyl groups is 1. The number of halogens is 2. The molecule has 1 heterocycles. The van der Waals surface area contributed by atoms with Crippen LogP contribution < -0.4 is 0 Å². The van der Waals surface area contributed by atoms with Crippen LogP contribution in [0.4, 0.5) is 8.78 Å². The third kappa shape index (κ3) is 1.68. The Morgan fingerprint density at radius 3 is 2.69 bits per heavy atom. The van der Waals surface area contributed by atoms with Crippen LogP contribution in [0.2, 0.25) is 0 Å². The maximum absolute atomic E-state index is 13.0. The largest absolute Gasteiger partial charge is 0.385 e. The first-order chi connectivity index (χ1) is 6.18. The minimum atomic E-state index is -0.986. The van der Waals surface area contributed by atoms with Crippen LogP contribution in [0.1, 0.15) is 11.7 Å². The molecule has 70 valence electrons. The molecule has 0 aliphatic carbocycles. The highest BCUT2D eigenvalue weighted by molar-refractivity contribution is 5.22. The molecule has 1 fully saturated rings. The predicted octanol–water partition coefficient (Wildman–Crippen LogP) is 1.40. The highest BCUT2D eigenvalue weighted by Gasteiger charge is 2.33. The van der Waals surface area contributed by atoms with Gasteiger partial charge in [-0.1, -0.05) is 6.07 Å². The van der Waals surface area contributed by atoms with Crippen molar-refractivity contribution in [3.63, 3.8) is 0 Å². The van der Waals surface area contributed by atoms with Gasteiger partial charge in [-0.05, 0) is 6.07 Å². The zero-order valence-electron chi connectivity index (χ0n) is 6.71. The second-order valence-corrected chi connectivity index (χ2v) is 2.98. The first-order valence-corrected chi connectivity index (χ1v) is 3.93. The van der Waals surface area contributed by atoms with Gasteiger partial charge in [-0.25, -0.2) is 8.78 Å². The smallest absolute Gasteiger partial charge is 0.132 e. The van der Waals surface area contributed by atoms with Gasteiger partial charge in [0.2, 0.25) is 0 Å². The maximum atomic E-state index is 13.0. The summed E-state index contributed by atoms with van der Waals surface area (Å²) in [4.78, 5) is 0. The molecule has 0 spiro atoms. The lowest BCUT2D eigenvalue weighted by atomic mass is 10.1. The van der Waals surface area contributed by atoms with Gasteiger partial charge in [-0.2, -0.15) is 0 Å². The average molecular weight is 186 g/mol. The van der Waals surface area contributed by atoms with E-state index in [9.17, 15) is 13.9 Å². The standard InChI is InChI=1S/C9H8F2O2/c10-5-1-2-6(7(11)3-5)9(12)8-4-13-8/h1-3,8-9,12H,4H2. The van der Waals surface area contributed by atoms with Crippen LogP contribution in [0.15, 0.2) is 18.2 Å². The van der Waals surface area contributed by atoms with Gasteiger partial charge >= 0.3 is 0 Å². The zero-order chi connectivity index (χ0) is 9.42. The number of hydrogen-bond acceptors (Lipinski definition) is 2. The fraction of sp³-hybridized carbons (Fsp3) is 0.333. The summed E-state index contributed by atoms with van der Waals surface area (Å²) < 4.78 is 30.3. The normalized spacial score (nSPS) is 22.8. The highest BCUT2D eigenvalue weighted by atomic mass is 19.1. The quantitative estimate of drug-likeness (QED) is 0.708. The Morgan fingerprint density at radius 1 is 1.46 bits per heavy atom. The molecule has 0 saturated carbocycles. The van der Waals surface area contributed by atoms with E-state index in [-0.39, 0.29) is 11.7 Å². The molecular formula is C9H8F2O2. The second kappa shape index (κ2) is 3.05. The molecule has 0 aromatic heterocycles. The Bertz CT molecular complexity index is 323. The molecule has 0 amide bonds. The van der Waals surface area contributed by atoms with Crippen molar-refractivity contribution in [1.29, 1.82) is 0 Å². The molecule has 0 radical (unpaired) electrons. The van der Waals surface area contributed by atoms with E-state index >= 15 is 0 Å². The molecular weight excluding hydrogens is 178 g/mol. The summed E-state index contributed by atoms with van der Waals surface area (Å²) in [5.74, 6) is -1.38. The molecule has 13 heavy (non-hydrogen) atoms. The SMILES string of the molecule is OC(c1ccc(F)cc1F)C1CO1. The van der Waals surface area contributed by atoms with Crippen molar-refractivity contribution in [1.82, 2.24) is 0 Å². The van der Waals surface area contributed by atoms with Crippen LogP contribution in [0.3, 0.4) is 0 Å². The lowest BCUT2D eigenvalue weighted by Gasteiger charge is -2.08. The molecule has 1 aromatic carbocycles. The van der Waals surface area contributed by atoms with E-state index in [4.69, 9.17) is 4.74 Å². The Morgan fingerprint density at radius 2 is 2.15 bits per heavy atom. The van der Waals surface area contributed by atoms with E-state index in [1.807, 2.05) is 0 Å². The molecule has 1 aliphatic heterocycles. The number of hydrogen-bond donors (Lipinski definition) is 1. The Labute approximate surface area is 73.8 Å². The van der Waals surface area contributed by atoms with Gasteiger partial charge in [0.15, 0.2) is 0 Å². The second-order valence-electron chi connectivity index (χ2n) is 2.98. The molecule has 1 aliphatic rings. The first-order valence-electron chi connectivity index (χ1n) is 3.93. The summed E-state index contributed by atoms with van der Waals surface area (Å²) >= 11 is 0. The molecule has 1 saturated heterocycles. The fourth-order valence-electron chi connectivity index (χ4n) is 1.18. The van der Waals surface area contributed by atoms with Crippen LogP contribution in [0.25, 0.3) is 0 Å². The molecule has 2 rings (SSSR count). The van der Waals surface area contributed by atoms with Gasteiger partial charge in [0.25, 0.3) is 0 Å². The molecule has 2 atom stereocenters. The molecule has 2 unspecified atom stereocenters. The lowest BCUT2D eigenvalue weighted by molar-refractivity contribution is 0.133. The summed E-state index contributed by atoms with van der Waals surface area (Å²) in [7, 11) is 0. The zero-order valence-corrected chi connectivity index (χ0v) is 6.71. The van der Waals surface area contributed by atoms with Crippen molar-refractivity contribution in [2.75, 3.05) is 6.61 Å². The van der Waals surface area contributed by atoms with E-state index < -0.39 is 17.7 Å². The topological polar surface area (TPSA) is 32.8 Å². The summed E-state index contributed by atoms with van der Waals surface area (Å²) in [6.45, 7) is 0.429. The number of epoxide rings is 1. The summed E-state index contributed by atoms with van der Waals surface area (Å²) in [5.41, 5.74) is 0.0869. The van der Waals surface area contributed by atoms with E-state index in [0.717, 1.165) is 12.1 Å². The predicted molar refractivity (Wildman–Crippen MR) is 41.1 cm³/mol. The third-order valence-electron chi connectivity index (χ3n) is 1.99. The summed E-state index contributed by atoms with van der Waals surface area (Å²) in [5, 5.41) is 9.44. The van der Waals surface area contributed by atoms with Crippen molar-refractivity contribution in [2.45, 2.75) is 12.2 Å². The monoisotopic (exact) mass is 186 g/mol. The minimum absolute atomic E-state index is 0.0869. The molecule has 4 heteroatoms. The fourth-order valence-corrected chi connectivity index (χ4v) is 1.18. The van der Waals surface area contributed by atoms with Crippen molar-refractivity contribution in [3.8, 4) is 0 Å². The van der Waals surface area contributed by atoms with E-state index in [1.165, 1.54) is 6.07 Å². The van der Waals surface area contributed by atoms with Crippen molar-refractivity contribution >= 4 is 0 Å². The molecule has 1 aromatic rings. The number of benzene rings is 1. The summed E-state index contributed by atoms with van der Waals surface area (Å²) in [6.07, 6.45) is -1.32. The minimum Gasteiger partial charge on any atom is -0.385 e. The van der Waals surface area contributed by atoms with Crippen molar-refractivity contribution in [2.24, 2.45) is 0 Å². The Hall–Kier alpha value is -1.00. The highest BCUT2D eigenvalue weighted by Crippen LogP contribution is 2.29. The van der Waals surface area contributed by atoms with Gasteiger partial charge in [-0.3, -0.25) is 0 Å².